The maximum Gasteiger partial charge on any atom is 0.302 e. The lowest BCUT2D eigenvalue weighted by Crippen LogP contribution is -2.27. The van der Waals surface area contributed by atoms with Crippen LogP contribution in [0.4, 0.5) is 0 Å². The topological polar surface area (TPSA) is 76.4 Å². The molecule has 2 aliphatic carbocycles. The summed E-state index contributed by atoms with van der Waals surface area (Å²) in [7, 11) is 0. The third-order valence-electron chi connectivity index (χ3n) is 4.96. The molecule has 136 valence electrons. The molecule has 1 aromatic carbocycles. The zero-order valence-electron chi connectivity index (χ0n) is 14.2. The summed E-state index contributed by atoms with van der Waals surface area (Å²) in [5, 5.41) is 9.28. The number of ether oxygens (including phenoxy) is 2. The van der Waals surface area contributed by atoms with Crippen LogP contribution in [-0.4, -0.2) is 25.0 Å². The molecule has 5 nitrogen and oxygen atoms in total. The summed E-state index contributed by atoms with van der Waals surface area (Å²) in [5.74, 6) is 0.0771. The van der Waals surface area contributed by atoms with Gasteiger partial charge >= 0.3 is 5.97 Å². The molecule has 7 heteroatoms. The van der Waals surface area contributed by atoms with E-state index in [1.54, 1.807) is 12.1 Å². The lowest BCUT2D eigenvalue weighted by molar-refractivity contribution is -0.141. The number of ketones is 1. The highest BCUT2D eigenvalue weighted by Gasteiger charge is 2.45. The van der Waals surface area contributed by atoms with Gasteiger partial charge < -0.3 is 9.47 Å². The first-order chi connectivity index (χ1) is 12.4. The molecule has 2 aliphatic rings. The molecule has 0 spiro atoms. The quantitative estimate of drug-likeness (QED) is 0.702. The van der Waals surface area contributed by atoms with E-state index in [2.05, 4.69) is 0 Å². The van der Waals surface area contributed by atoms with Gasteiger partial charge in [-0.05, 0) is 42.5 Å². The van der Waals surface area contributed by atoms with E-state index in [4.69, 9.17) is 37.9 Å². The summed E-state index contributed by atoms with van der Waals surface area (Å²) in [5.41, 5.74) is 2.23. The first kappa shape index (κ1) is 18.8. The Morgan fingerprint density at radius 2 is 2.15 bits per heavy atom. The fourth-order valence-electron chi connectivity index (χ4n) is 3.81. The molecule has 0 fully saturated rings. The van der Waals surface area contributed by atoms with Gasteiger partial charge in [-0.15, -0.1) is 0 Å². The molecule has 26 heavy (non-hydrogen) atoms. The van der Waals surface area contributed by atoms with E-state index in [9.17, 15) is 9.59 Å². The van der Waals surface area contributed by atoms with Crippen molar-refractivity contribution in [2.45, 2.75) is 32.6 Å². The van der Waals surface area contributed by atoms with Crippen LogP contribution < -0.4 is 4.74 Å². The molecule has 0 radical (unpaired) electrons. The van der Waals surface area contributed by atoms with Gasteiger partial charge in [0, 0.05) is 24.3 Å². The van der Waals surface area contributed by atoms with E-state index in [1.165, 1.54) is 6.92 Å². The number of benzene rings is 1. The molecule has 0 bridgehead atoms. The minimum Gasteiger partial charge on any atom is -0.477 e. The van der Waals surface area contributed by atoms with Gasteiger partial charge in [-0.25, -0.2) is 0 Å². The first-order valence-corrected chi connectivity index (χ1v) is 9.03. The summed E-state index contributed by atoms with van der Waals surface area (Å²) in [6.07, 6.45) is 4.00. The second kappa shape index (κ2) is 7.30. The summed E-state index contributed by atoms with van der Waals surface area (Å²) in [6, 6.07) is 3.69. The fraction of sp³-hybridized carbons (Fsp3) is 0.421. The number of nitriles is 1. The van der Waals surface area contributed by atoms with Crippen molar-refractivity contribution in [3.05, 3.63) is 33.3 Å². The Morgan fingerprint density at radius 1 is 1.38 bits per heavy atom. The van der Waals surface area contributed by atoms with Gasteiger partial charge in [0.05, 0.1) is 11.6 Å². The highest BCUT2D eigenvalue weighted by Crippen LogP contribution is 2.57. The van der Waals surface area contributed by atoms with Crippen LogP contribution in [0, 0.1) is 16.7 Å². The molecule has 0 amide bonds. The van der Waals surface area contributed by atoms with Gasteiger partial charge in [-0.3, -0.25) is 9.59 Å². The van der Waals surface area contributed by atoms with Gasteiger partial charge in [0.25, 0.3) is 0 Å². The summed E-state index contributed by atoms with van der Waals surface area (Å²) >= 11 is 12.8. The highest BCUT2D eigenvalue weighted by atomic mass is 35.5. The van der Waals surface area contributed by atoms with Crippen LogP contribution in [-0.2, 0) is 20.7 Å². The van der Waals surface area contributed by atoms with Crippen LogP contribution >= 0.6 is 23.2 Å². The normalized spacial score (nSPS) is 20.7. The number of carbonyl (C=O) groups excluding carboxylic acids is 2. The standard InChI is InChI=1S/C19H17Cl2NO4/c1-11(23)25-6-4-19-3-2-13(24)9-14(19)16-12(10-19)8-15(26-7-5-22)17(20)18(16)21/h8-9H,2-4,6-7,10H2,1H3. The summed E-state index contributed by atoms with van der Waals surface area (Å²) in [6.45, 7) is 1.52. The van der Waals surface area contributed by atoms with Crippen LogP contribution in [0.15, 0.2) is 12.1 Å². The molecular formula is C19H17Cl2NO4. The molecule has 1 aromatic rings. The monoisotopic (exact) mass is 393 g/mol. The Hall–Kier alpha value is -2.03. The van der Waals surface area contributed by atoms with Gasteiger partial charge in [0.15, 0.2) is 12.4 Å². The molecule has 1 unspecified atom stereocenters. The molecule has 0 aromatic heterocycles. The van der Waals surface area contributed by atoms with Gasteiger partial charge in [0.2, 0.25) is 0 Å². The smallest absolute Gasteiger partial charge is 0.302 e. The maximum atomic E-state index is 12.0. The van der Waals surface area contributed by atoms with E-state index in [-0.39, 0.29) is 35.4 Å². The SMILES string of the molecule is CC(=O)OCCC12CCC(=O)C=C1c1c(cc(OCC#N)c(Cl)c1Cl)C2. The third-order valence-corrected chi connectivity index (χ3v) is 5.81. The molecule has 0 aliphatic heterocycles. The van der Waals surface area contributed by atoms with Crippen molar-refractivity contribution >= 4 is 40.5 Å². The third kappa shape index (κ3) is 3.32. The number of rotatable bonds is 5. The predicted octanol–water partition coefficient (Wildman–Crippen LogP) is 4.14. The molecular weight excluding hydrogens is 377 g/mol. The summed E-state index contributed by atoms with van der Waals surface area (Å²) in [4.78, 5) is 23.2. The molecule has 1 atom stereocenters. The maximum absolute atomic E-state index is 12.0. The molecule has 0 saturated carbocycles. The number of halogens is 2. The van der Waals surface area contributed by atoms with E-state index in [1.807, 2.05) is 6.07 Å². The number of hydrogen-bond acceptors (Lipinski definition) is 5. The second-order valence-corrected chi connectivity index (χ2v) is 7.31. The van der Waals surface area contributed by atoms with E-state index in [0.717, 1.165) is 16.7 Å². The van der Waals surface area contributed by atoms with Crippen LogP contribution in [0.5, 0.6) is 5.75 Å². The van der Waals surface area contributed by atoms with E-state index >= 15 is 0 Å². The molecule has 3 rings (SSSR count). The van der Waals surface area contributed by atoms with Crippen molar-refractivity contribution in [1.29, 1.82) is 5.26 Å². The first-order valence-electron chi connectivity index (χ1n) is 8.27. The van der Waals surface area contributed by atoms with Crippen LogP contribution in [0.1, 0.15) is 37.3 Å². The number of carbonyl (C=O) groups is 2. The highest BCUT2D eigenvalue weighted by molar-refractivity contribution is 6.44. The minimum atomic E-state index is -0.331. The lowest BCUT2D eigenvalue weighted by Gasteiger charge is -2.33. The Morgan fingerprint density at radius 3 is 2.85 bits per heavy atom. The second-order valence-electron chi connectivity index (χ2n) is 6.56. The van der Waals surface area contributed by atoms with Crippen molar-refractivity contribution in [2.75, 3.05) is 13.2 Å². The Kier molecular flexibility index (Phi) is 5.27. The van der Waals surface area contributed by atoms with Crippen molar-refractivity contribution in [3.63, 3.8) is 0 Å². The molecule has 0 N–H and O–H groups in total. The molecule has 0 heterocycles. The Bertz CT molecular complexity index is 856. The van der Waals surface area contributed by atoms with Crippen LogP contribution in [0.2, 0.25) is 10.0 Å². The number of fused-ring (bicyclic) bond motifs is 3. The number of nitrogens with zero attached hydrogens (tertiary/aromatic N) is 1. The van der Waals surface area contributed by atoms with Gasteiger partial charge in [-0.2, -0.15) is 5.26 Å². The zero-order valence-corrected chi connectivity index (χ0v) is 15.7. The average Bonchev–Trinajstić information content (AvgIpc) is 2.90. The van der Waals surface area contributed by atoms with E-state index < -0.39 is 0 Å². The van der Waals surface area contributed by atoms with Crippen molar-refractivity contribution in [1.82, 2.24) is 0 Å². The Balaban J connectivity index is 2.02. The number of allylic oxidation sites excluding steroid dienone is 2. The lowest BCUT2D eigenvalue weighted by atomic mass is 9.70. The Labute approximate surface area is 161 Å². The van der Waals surface area contributed by atoms with Gasteiger partial charge in [0.1, 0.15) is 16.8 Å². The predicted molar refractivity (Wildman–Crippen MR) is 97.2 cm³/mol. The number of hydrogen-bond donors (Lipinski definition) is 0. The van der Waals surface area contributed by atoms with Gasteiger partial charge in [-0.1, -0.05) is 23.2 Å². The average molecular weight is 394 g/mol. The van der Waals surface area contributed by atoms with E-state index in [0.29, 0.717) is 36.5 Å². The van der Waals surface area contributed by atoms with Crippen LogP contribution in [0.3, 0.4) is 0 Å². The summed E-state index contributed by atoms with van der Waals surface area (Å²) < 4.78 is 10.5. The van der Waals surface area contributed by atoms with Crippen molar-refractivity contribution < 1.29 is 19.1 Å². The van der Waals surface area contributed by atoms with Crippen molar-refractivity contribution in [2.24, 2.45) is 5.41 Å². The fourth-order valence-corrected chi connectivity index (χ4v) is 4.33. The van der Waals surface area contributed by atoms with Crippen molar-refractivity contribution in [3.8, 4) is 11.8 Å². The zero-order chi connectivity index (χ0) is 18.9. The van der Waals surface area contributed by atoms with Crippen LogP contribution in [0.25, 0.3) is 5.57 Å². The molecule has 0 saturated heterocycles. The largest absolute Gasteiger partial charge is 0.477 e. The number of esters is 1. The minimum absolute atomic E-state index is 0.0490.